The Kier molecular flexibility index (Phi) is 3.05. The van der Waals surface area contributed by atoms with E-state index in [1.807, 2.05) is 17.8 Å². The Hall–Kier alpha value is -1.77. The first kappa shape index (κ1) is 11.3. The third-order valence-corrected chi connectivity index (χ3v) is 3.62. The lowest BCUT2D eigenvalue weighted by Gasteiger charge is -2.26. The molecule has 2 aromatic rings. The van der Waals surface area contributed by atoms with Crippen molar-refractivity contribution in [2.75, 3.05) is 18.0 Å². The smallest absolute Gasteiger partial charge is 0.151 e. The third-order valence-electron chi connectivity index (χ3n) is 3.62. The van der Waals surface area contributed by atoms with Gasteiger partial charge in [-0.15, -0.1) is 0 Å². The molecule has 1 aromatic carbocycles. The van der Waals surface area contributed by atoms with Crippen LogP contribution in [0.15, 0.2) is 36.4 Å². The molecule has 1 aromatic heterocycles. The van der Waals surface area contributed by atoms with Crippen LogP contribution in [0.25, 0.3) is 11.3 Å². The molecule has 1 saturated heterocycles. The van der Waals surface area contributed by atoms with E-state index in [0.717, 1.165) is 18.9 Å². The number of piperidine rings is 1. The summed E-state index contributed by atoms with van der Waals surface area (Å²) in [6.45, 7) is 2.29. The summed E-state index contributed by atoms with van der Waals surface area (Å²) in [5.74, 6) is 1.12. The predicted octanol–water partition coefficient (Wildman–Crippen LogP) is 3.08. The maximum absolute atomic E-state index is 4.65. The van der Waals surface area contributed by atoms with Gasteiger partial charge in [-0.1, -0.05) is 30.3 Å². The van der Waals surface area contributed by atoms with Crippen molar-refractivity contribution in [3.05, 3.63) is 36.4 Å². The van der Waals surface area contributed by atoms with Crippen molar-refractivity contribution in [1.29, 1.82) is 0 Å². The van der Waals surface area contributed by atoms with Crippen LogP contribution in [0.3, 0.4) is 0 Å². The Bertz CT molecular complexity index is 510. The molecule has 3 nitrogen and oxygen atoms in total. The summed E-state index contributed by atoms with van der Waals surface area (Å²) in [4.78, 5) is 2.40. The minimum absolute atomic E-state index is 1.12. The van der Waals surface area contributed by atoms with Crippen molar-refractivity contribution in [2.45, 2.75) is 19.3 Å². The van der Waals surface area contributed by atoms with Gasteiger partial charge in [0.2, 0.25) is 0 Å². The highest BCUT2D eigenvalue weighted by atomic mass is 15.3. The van der Waals surface area contributed by atoms with Crippen LogP contribution < -0.4 is 4.90 Å². The Morgan fingerprint density at radius 3 is 2.44 bits per heavy atom. The quantitative estimate of drug-likeness (QED) is 0.805. The molecule has 18 heavy (non-hydrogen) atoms. The van der Waals surface area contributed by atoms with Gasteiger partial charge in [-0.25, -0.2) is 0 Å². The second-order valence-corrected chi connectivity index (χ2v) is 4.93. The summed E-state index contributed by atoms with van der Waals surface area (Å²) in [5.41, 5.74) is 2.42. The van der Waals surface area contributed by atoms with Crippen LogP contribution in [0.1, 0.15) is 19.3 Å². The van der Waals surface area contributed by atoms with Gasteiger partial charge in [-0.3, -0.25) is 4.68 Å². The van der Waals surface area contributed by atoms with E-state index in [1.54, 1.807) is 0 Å². The highest BCUT2D eigenvalue weighted by Crippen LogP contribution is 2.25. The molecular formula is C15H19N3. The van der Waals surface area contributed by atoms with Crippen molar-refractivity contribution >= 4 is 5.82 Å². The molecule has 0 aliphatic carbocycles. The molecule has 3 rings (SSSR count). The molecule has 0 amide bonds. The maximum Gasteiger partial charge on any atom is 0.151 e. The molecule has 0 radical (unpaired) electrons. The van der Waals surface area contributed by atoms with E-state index in [1.165, 1.54) is 30.5 Å². The highest BCUT2D eigenvalue weighted by Gasteiger charge is 2.15. The summed E-state index contributed by atoms with van der Waals surface area (Å²) >= 11 is 0. The number of nitrogens with zero attached hydrogens (tertiary/aromatic N) is 3. The fraction of sp³-hybridized carbons (Fsp3) is 0.400. The molecule has 1 fully saturated rings. The van der Waals surface area contributed by atoms with E-state index >= 15 is 0 Å². The van der Waals surface area contributed by atoms with Gasteiger partial charge in [0.15, 0.2) is 5.82 Å². The first-order valence-corrected chi connectivity index (χ1v) is 6.69. The second-order valence-electron chi connectivity index (χ2n) is 4.93. The zero-order valence-corrected chi connectivity index (χ0v) is 10.8. The Labute approximate surface area is 108 Å². The fourth-order valence-corrected chi connectivity index (χ4v) is 2.61. The van der Waals surface area contributed by atoms with Crippen molar-refractivity contribution < 1.29 is 0 Å². The van der Waals surface area contributed by atoms with Crippen LogP contribution in [0.4, 0.5) is 5.82 Å². The zero-order valence-electron chi connectivity index (χ0n) is 10.8. The summed E-state index contributed by atoms with van der Waals surface area (Å²) in [6.07, 6.45) is 3.93. The van der Waals surface area contributed by atoms with E-state index in [2.05, 4.69) is 40.3 Å². The SMILES string of the molecule is Cn1nc(N2CCCCC2)cc1-c1ccccc1. The molecule has 1 aliphatic rings. The van der Waals surface area contributed by atoms with Crippen LogP contribution in [0.5, 0.6) is 0 Å². The van der Waals surface area contributed by atoms with Gasteiger partial charge in [0.05, 0.1) is 5.69 Å². The van der Waals surface area contributed by atoms with Crippen LogP contribution in [0.2, 0.25) is 0 Å². The molecule has 94 valence electrons. The summed E-state index contributed by atoms with van der Waals surface area (Å²) in [7, 11) is 2.02. The number of hydrogen-bond acceptors (Lipinski definition) is 2. The average molecular weight is 241 g/mol. The van der Waals surface area contributed by atoms with Gasteiger partial charge in [0.1, 0.15) is 0 Å². The van der Waals surface area contributed by atoms with Crippen molar-refractivity contribution in [3.63, 3.8) is 0 Å². The molecule has 3 heteroatoms. The fourth-order valence-electron chi connectivity index (χ4n) is 2.61. The standard InChI is InChI=1S/C15H19N3/c1-17-14(13-8-4-2-5-9-13)12-15(16-17)18-10-6-3-7-11-18/h2,4-5,8-9,12H,3,6-7,10-11H2,1H3. The number of hydrogen-bond donors (Lipinski definition) is 0. The monoisotopic (exact) mass is 241 g/mol. The van der Waals surface area contributed by atoms with Gasteiger partial charge < -0.3 is 4.90 Å². The van der Waals surface area contributed by atoms with Gasteiger partial charge in [0.25, 0.3) is 0 Å². The van der Waals surface area contributed by atoms with Gasteiger partial charge in [-0.05, 0) is 24.8 Å². The van der Waals surface area contributed by atoms with Gasteiger partial charge >= 0.3 is 0 Å². The lowest BCUT2D eigenvalue weighted by atomic mass is 10.1. The number of benzene rings is 1. The summed E-state index contributed by atoms with van der Waals surface area (Å²) < 4.78 is 1.99. The lowest BCUT2D eigenvalue weighted by Crippen LogP contribution is -2.29. The highest BCUT2D eigenvalue weighted by molar-refractivity contribution is 5.63. The molecule has 0 bridgehead atoms. The van der Waals surface area contributed by atoms with Crippen molar-refractivity contribution in [3.8, 4) is 11.3 Å². The molecular weight excluding hydrogens is 222 g/mol. The third kappa shape index (κ3) is 2.13. The average Bonchev–Trinajstić information content (AvgIpc) is 2.83. The Morgan fingerprint density at radius 2 is 1.72 bits per heavy atom. The van der Waals surface area contributed by atoms with Gasteiger partial charge in [-0.2, -0.15) is 5.10 Å². The summed E-state index contributed by atoms with van der Waals surface area (Å²) in [5, 5.41) is 4.65. The predicted molar refractivity (Wildman–Crippen MR) is 74.7 cm³/mol. The Morgan fingerprint density at radius 1 is 1.00 bits per heavy atom. The number of aromatic nitrogens is 2. The largest absolute Gasteiger partial charge is 0.355 e. The molecule has 0 unspecified atom stereocenters. The summed E-state index contributed by atoms with van der Waals surface area (Å²) in [6, 6.07) is 12.7. The van der Waals surface area contributed by atoms with E-state index in [4.69, 9.17) is 0 Å². The number of anilines is 1. The van der Waals surface area contributed by atoms with Crippen LogP contribution in [-0.2, 0) is 7.05 Å². The van der Waals surface area contributed by atoms with Gasteiger partial charge in [0, 0.05) is 26.2 Å². The van der Waals surface area contributed by atoms with E-state index in [-0.39, 0.29) is 0 Å². The molecule has 0 saturated carbocycles. The zero-order chi connectivity index (χ0) is 12.4. The normalized spacial score (nSPS) is 15.9. The minimum atomic E-state index is 1.12. The topological polar surface area (TPSA) is 21.1 Å². The maximum atomic E-state index is 4.65. The lowest BCUT2D eigenvalue weighted by molar-refractivity contribution is 0.570. The Balaban J connectivity index is 1.91. The molecule has 0 spiro atoms. The molecule has 2 heterocycles. The van der Waals surface area contributed by atoms with Crippen LogP contribution in [-0.4, -0.2) is 22.9 Å². The molecule has 1 aliphatic heterocycles. The van der Waals surface area contributed by atoms with Crippen molar-refractivity contribution in [2.24, 2.45) is 7.05 Å². The second kappa shape index (κ2) is 4.84. The van der Waals surface area contributed by atoms with E-state index < -0.39 is 0 Å². The van der Waals surface area contributed by atoms with E-state index in [9.17, 15) is 0 Å². The van der Waals surface area contributed by atoms with Crippen LogP contribution in [0, 0.1) is 0 Å². The van der Waals surface area contributed by atoms with Crippen LogP contribution >= 0.6 is 0 Å². The molecule has 0 N–H and O–H groups in total. The minimum Gasteiger partial charge on any atom is -0.355 e. The van der Waals surface area contributed by atoms with Crippen molar-refractivity contribution in [1.82, 2.24) is 9.78 Å². The number of aryl methyl sites for hydroxylation is 1. The first-order chi connectivity index (χ1) is 8.84. The number of rotatable bonds is 2. The molecule has 0 atom stereocenters. The van der Waals surface area contributed by atoms with E-state index in [0.29, 0.717) is 0 Å². The first-order valence-electron chi connectivity index (χ1n) is 6.69.